The number of Topliss-reactive ketones (excluding diaryl/α,β-unsaturated/α-hetero) is 1. The monoisotopic (exact) mass is 448 g/mol. The molecule has 7 nitrogen and oxygen atoms in total. The fraction of sp³-hybridized carbons (Fsp3) is 0.160. The van der Waals surface area contributed by atoms with E-state index < -0.39 is 29.3 Å². The Morgan fingerprint density at radius 1 is 1.06 bits per heavy atom. The van der Waals surface area contributed by atoms with Crippen molar-refractivity contribution in [3.63, 3.8) is 0 Å². The van der Waals surface area contributed by atoms with Crippen molar-refractivity contribution in [2.75, 3.05) is 14.2 Å². The van der Waals surface area contributed by atoms with Crippen LogP contribution in [0, 0.1) is 5.82 Å². The Kier molecular flexibility index (Phi) is 6.08. The predicted octanol–water partition coefficient (Wildman–Crippen LogP) is 3.86. The summed E-state index contributed by atoms with van der Waals surface area (Å²) in [6, 6.07) is 13.0. The van der Waals surface area contributed by atoms with Crippen molar-refractivity contribution >= 4 is 17.4 Å². The van der Waals surface area contributed by atoms with E-state index in [-0.39, 0.29) is 23.4 Å². The lowest BCUT2D eigenvalue weighted by Crippen LogP contribution is -2.29. The van der Waals surface area contributed by atoms with Crippen LogP contribution in [0.5, 0.6) is 11.5 Å². The van der Waals surface area contributed by atoms with E-state index in [0.29, 0.717) is 11.3 Å². The highest BCUT2D eigenvalue weighted by atomic mass is 19.1. The molecule has 0 bridgehead atoms. The van der Waals surface area contributed by atoms with Gasteiger partial charge in [0.25, 0.3) is 11.7 Å². The van der Waals surface area contributed by atoms with Gasteiger partial charge in [-0.25, -0.2) is 4.39 Å². The van der Waals surface area contributed by atoms with Gasteiger partial charge in [-0.3, -0.25) is 14.6 Å². The van der Waals surface area contributed by atoms with Gasteiger partial charge in [-0.2, -0.15) is 0 Å². The highest BCUT2D eigenvalue weighted by molar-refractivity contribution is 6.46. The topological polar surface area (TPSA) is 89.0 Å². The summed E-state index contributed by atoms with van der Waals surface area (Å²) in [7, 11) is 2.87. The molecule has 1 unspecified atom stereocenters. The number of halogens is 1. The molecule has 1 aliphatic heterocycles. The summed E-state index contributed by atoms with van der Waals surface area (Å²) in [4.78, 5) is 31.6. The van der Waals surface area contributed by atoms with Crippen LogP contribution in [0.15, 0.2) is 72.6 Å². The number of rotatable bonds is 6. The van der Waals surface area contributed by atoms with Gasteiger partial charge in [-0.15, -0.1) is 0 Å². The fourth-order valence-corrected chi connectivity index (χ4v) is 3.90. The second kappa shape index (κ2) is 9.12. The smallest absolute Gasteiger partial charge is 0.295 e. The van der Waals surface area contributed by atoms with Gasteiger partial charge in [-0.1, -0.05) is 12.1 Å². The Morgan fingerprint density at radius 3 is 2.52 bits per heavy atom. The number of pyridine rings is 1. The molecule has 0 saturated carbocycles. The number of likely N-dealkylation sites (tertiary alicyclic amines) is 1. The second-order valence-corrected chi connectivity index (χ2v) is 7.40. The van der Waals surface area contributed by atoms with Crippen LogP contribution in [-0.2, 0) is 16.1 Å². The van der Waals surface area contributed by atoms with Crippen molar-refractivity contribution in [1.29, 1.82) is 0 Å². The minimum atomic E-state index is -0.929. The number of hydrogen-bond acceptors (Lipinski definition) is 6. The molecule has 0 radical (unpaired) electrons. The van der Waals surface area contributed by atoms with Crippen molar-refractivity contribution in [3.05, 3.63) is 95.1 Å². The molecule has 1 saturated heterocycles. The summed E-state index contributed by atoms with van der Waals surface area (Å²) in [6.45, 7) is 0.103. The summed E-state index contributed by atoms with van der Waals surface area (Å²) < 4.78 is 24.6. The molecule has 0 spiro atoms. The van der Waals surface area contributed by atoms with E-state index in [1.807, 2.05) is 0 Å². The van der Waals surface area contributed by atoms with E-state index in [1.165, 1.54) is 31.3 Å². The van der Waals surface area contributed by atoms with E-state index in [9.17, 15) is 19.1 Å². The Labute approximate surface area is 189 Å². The number of aliphatic hydroxyl groups excluding tert-OH is 1. The first-order chi connectivity index (χ1) is 15.9. The zero-order chi connectivity index (χ0) is 23.5. The summed E-state index contributed by atoms with van der Waals surface area (Å²) in [6.07, 6.45) is 3.17. The Balaban J connectivity index is 1.92. The van der Waals surface area contributed by atoms with Crippen LogP contribution in [0.3, 0.4) is 0 Å². The number of benzene rings is 2. The van der Waals surface area contributed by atoms with E-state index in [2.05, 4.69) is 4.98 Å². The van der Waals surface area contributed by atoms with Gasteiger partial charge in [0.1, 0.15) is 23.1 Å². The van der Waals surface area contributed by atoms with Gasteiger partial charge in [0.05, 0.1) is 31.4 Å². The van der Waals surface area contributed by atoms with Crippen molar-refractivity contribution < 1.29 is 28.6 Å². The molecule has 1 atom stereocenters. The largest absolute Gasteiger partial charge is 0.507 e. The molecular formula is C25H21FN2O5. The summed E-state index contributed by atoms with van der Waals surface area (Å²) >= 11 is 0. The van der Waals surface area contributed by atoms with Crippen molar-refractivity contribution in [3.8, 4) is 11.5 Å². The van der Waals surface area contributed by atoms with Crippen LogP contribution < -0.4 is 9.47 Å². The first kappa shape index (κ1) is 22.0. The number of ketones is 1. The maximum absolute atomic E-state index is 14.0. The molecule has 1 amide bonds. The minimum absolute atomic E-state index is 0.0210. The lowest BCUT2D eigenvalue weighted by molar-refractivity contribution is -0.140. The third-order valence-electron chi connectivity index (χ3n) is 5.47. The first-order valence-corrected chi connectivity index (χ1v) is 10.1. The van der Waals surface area contributed by atoms with Crippen LogP contribution in [0.1, 0.15) is 22.7 Å². The number of nitrogens with zero attached hydrogens (tertiary/aromatic N) is 2. The molecule has 3 aromatic rings. The molecule has 4 rings (SSSR count). The fourth-order valence-electron chi connectivity index (χ4n) is 3.90. The Morgan fingerprint density at radius 2 is 1.82 bits per heavy atom. The molecule has 8 heteroatoms. The lowest BCUT2D eigenvalue weighted by Gasteiger charge is -2.26. The normalized spacial score (nSPS) is 17.3. The highest BCUT2D eigenvalue weighted by Crippen LogP contribution is 2.42. The van der Waals surface area contributed by atoms with Gasteiger partial charge < -0.3 is 19.5 Å². The van der Waals surface area contributed by atoms with Crippen LogP contribution in [-0.4, -0.2) is 40.9 Å². The third kappa shape index (κ3) is 4.15. The average molecular weight is 448 g/mol. The van der Waals surface area contributed by atoms with Crippen LogP contribution in [0.25, 0.3) is 5.76 Å². The lowest BCUT2D eigenvalue weighted by atomic mass is 9.94. The van der Waals surface area contributed by atoms with Crippen LogP contribution >= 0.6 is 0 Å². The quantitative estimate of drug-likeness (QED) is 0.350. The Bertz CT molecular complexity index is 1240. The third-order valence-corrected chi connectivity index (χ3v) is 5.47. The van der Waals surface area contributed by atoms with Crippen molar-refractivity contribution in [2.45, 2.75) is 12.6 Å². The maximum Gasteiger partial charge on any atom is 0.295 e. The molecule has 1 fully saturated rings. The van der Waals surface area contributed by atoms with Gasteiger partial charge in [-0.05, 0) is 53.6 Å². The van der Waals surface area contributed by atoms with Gasteiger partial charge in [0, 0.05) is 18.9 Å². The zero-order valence-corrected chi connectivity index (χ0v) is 18.0. The highest BCUT2D eigenvalue weighted by Gasteiger charge is 2.46. The van der Waals surface area contributed by atoms with Crippen molar-refractivity contribution in [1.82, 2.24) is 9.88 Å². The molecule has 1 aromatic heterocycles. The SMILES string of the molecule is COc1cccc(C2/C(=C(\O)c3cc(F)ccc3OC)C(=O)C(=O)N2Cc2ccncc2)c1. The van der Waals surface area contributed by atoms with Crippen LogP contribution in [0.2, 0.25) is 0 Å². The first-order valence-electron chi connectivity index (χ1n) is 10.1. The molecule has 168 valence electrons. The standard InChI is InChI=1S/C25H21FN2O5/c1-32-18-5-3-4-16(12-18)22-21(23(29)19-13-17(26)6-7-20(19)33-2)24(30)25(31)28(22)14-15-8-10-27-11-9-15/h3-13,22,29H,14H2,1-2H3/b23-21+. The molecular weight excluding hydrogens is 427 g/mol. The summed E-state index contributed by atoms with van der Waals surface area (Å²) in [5.41, 5.74) is 1.13. The number of ether oxygens (including phenoxy) is 2. The second-order valence-electron chi connectivity index (χ2n) is 7.40. The van der Waals surface area contributed by atoms with E-state index in [0.717, 1.165) is 11.6 Å². The average Bonchev–Trinajstić information content (AvgIpc) is 3.09. The molecule has 2 heterocycles. The van der Waals surface area contributed by atoms with Gasteiger partial charge >= 0.3 is 0 Å². The number of aromatic nitrogens is 1. The van der Waals surface area contributed by atoms with E-state index >= 15 is 0 Å². The summed E-state index contributed by atoms with van der Waals surface area (Å²) in [5.74, 6) is -2.11. The Hall–Kier alpha value is -4.20. The van der Waals surface area contributed by atoms with Gasteiger partial charge in [0.2, 0.25) is 0 Å². The summed E-state index contributed by atoms with van der Waals surface area (Å²) in [5, 5.41) is 11.2. The molecule has 1 aliphatic rings. The number of carbonyl (C=O) groups is 2. The zero-order valence-electron chi connectivity index (χ0n) is 18.0. The number of aliphatic hydroxyl groups is 1. The van der Waals surface area contributed by atoms with E-state index in [4.69, 9.17) is 9.47 Å². The minimum Gasteiger partial charge on any atom is -0.507 e. The van der Waals surface area contributed by atoms with E-state index in [1.54, 1.807) is 48.8 Å². The van der Waals surface area contributed by atoms with Crippen molar-refractivity contribution in [2.24, 2.45) is 0 Å². The molecule has 0 aliphatic carbocycles. The number of hydrogen-bond donors (Lipinski definition) is 1. The van der Waals surface area contributed by atoms with Crippen LogP contribution in [0.4, 0.5) is 4.39 Å². The molecule has 33 heavy (non-hydrogen) atoms. The number of amides is 1. The van der Waals surface area contributed by atoms with Gasteiger partial charge in [0.15, 0.2) is 0 Å². The molecule has 1 N–H and O–H groups in total. The number of methoxy groups -OCH3 is 2. The predicted molar refractivity (Wildman–Crippen MR) is 118 cm³/mol. The maximum atomic E-state index is 14.0. The molecule has 2 aromatic carbocycles. The number of carbonyl (C=O) groups excluding carboxylic acids is 2.